The summed E-state index contributed by atoms with van der Waals surface area (Å²) in [6.45, 7) is 3.89. The van der Waals surface area contributed by atoms with Gasteiger partial charge >= 0.3 is 0 Å². The molecule has 0 aromatic heterocycles. The van der Waals surface area contributed by atoms with E-state index in [-0.39, 0.29) is 0 Å². The molecule has 2 saturated heterocycles. The highest BCUT2D eigenvalue weighted by atomic mass is 35.5. The molecule has 0 aromatic rings. The van der Waals surface area contributed by atoms with Crippen LogP contribution in [0.3, 0.4) is 0 Å². The first kappa shape index (κ1) is 7.11. The van der Waals surface area contributed by atoms with Crippen LogP contribution in [0.5, 0.6) is 0 Å². The van der Waals surface area contributed by atoms with E-state index in [0.717, 1.165) is 26.2 Å². The highest BCUT2D eigenvalue weighted by molar-refractivity contribution is 7.61. The molecule has 0 aliphatic carbocycles. The van der Waals surface area contributed by atoms with Gasteiger partial charge in [0, 0.05) is 26.2 Å². The SMILES string of the molecule is O=P(CCl)(N1CC1)N1CC1. The minimum atomic E-state index is -2.19. The summed E-state index contributed by atoms with van der Waals surface area (Å²) in [5, 5.41) is 0. The van der Waals surface area contributed by atoms with E-state index in [4.69, 9.17) is 11.6 Å². The van der Waals surface area contributed by atoms with Crippen LogP contribution in [-0.4, -0.2) is 41.1 Å². The summed E-state index contributed by atoms with van der Waals surface area (Å²) >= 11 is 5.63. The topological polar surface area (TPSA) is 23.1 Å². The van der Waals surface area contributed by atoms with E-state index in [2.05, 4.69) is 0 Å². The fourth-order valence-corrected chi connectivity index (χ4v) is 4.04. The third-order valence-corrected chi connectivity index (χ3v) is 5.70. The van der Waals surface area contributed by atoms with Gasteiger partial charge in [-0.05, 0) is 0 Å². The van der Waals surface area contributed by atoms with Crippen molar-refractivity contribution in [2.45, 2.75) is 0 Å². The molecule has 0 unspecified atom stereocenters. The molecule has 3 nitrogen and oxygen atoms in total. The first-order valence-electron chi connectivity index (χ1n) is 3.43. The van der Waals surface area contributed by atoms with Gasteiger partial charge in [0.1, 0.15) is 5.62 Å². The zero-order valence-electron chi connectivity index (χ0n) is 5.66. The molecule has 0 bridgehead atoms. The summed E-state index contributed by atoms with van der Waals surface area (Å²) in [6.07, 6.45) is 0. The average molecular weight is 181 g/mol. The molecule has 2 rings (SSSR count). The predicted octanol–water partition coefficient (Wildman–Crippen LogP) is 1.01. The van der Waals surface area contributed by atoms with Crippen LogP contribution >= 0.6 is 19.0 Å². The monoisotopic (exact) mass is 180 g/mol. The van der Waals surface area contributed by atoms with Gasteiger partial charge in [-0.25, -0.2) is 9.34 Å². The van der Waals surface area contributed by atoms with Crippen LogP contribution in [0, 0.1) is 0 Å². The molecule has 58 valence electrons. The third kappa shape index (κ3) is 1.02. The first-order valence-corrected chi connectivity index (χ1v) is 5.76. The van der Waals surface area contributed by atoms with E-state index in [0.29, 0.717) is 5.62 Å². The van der Waals surface area contributed by atoms with Crippen LogP contribution in [0.15, 0.2) is 0 Å². The predicted molar refractivity (Wildman–Crippen MR) is 41.5 cm³/mol. The van der Waals surface area contributed by atoms with Crippen LogP contribution in [0.2, 0.25) is 0 Å². The van der Waals surface area contributed by atoms with Crippen molar-refractivity contribution in [1.82, 2.24) is 9.34 Å². The lowest BCUT2D eigenvalue weighted by Gasteiger charge is -2.15. The van der Waals surface area contributed by atoms with E-state index in [1.165, 1.54) is 0 Å². The molecule has 5 heteroatoms. The van der Waals surface area contributed by atoms with E-state index in [1.54, 1.807) is 0 Å². The summed E-state index contributed by atoms with van der Waals surface area (Å²) in [6, 6.07) is 0. The second kappa shape index (κ2) is 2.21. The Bertz CT molecular complexity index is 174. The fourth-order valence-electron chi connectivity index (χ4n) is 1.04. The molecular formula is C5H10ClN2OP. The Morgan fingerprint density at radius 3 is 1.80 bits per heavy atom. The summed E-state index contributed by atoms with van der Waals surface area (Å²) < 4.78 is 15.8. The van der Waals surface area contributed by atoms with Gasteiger partial charge in [-0.2, -0.15) is 0 Å². The summed E-state index contributed by atoms with van der Waals surface area (Å²) in [7, 11) is -2.19. The highest BCUT2D eigenvalue weighted by Crippen LogP contribution is 2.60. The summed E-state index contributed by atoms with van der Waals surface area (Å²) in [5.74, 6) is 0. The molecule has 0 saturated carbocycles. The third-order valence-electron chi connectivity index (χ3n) is 1.89. The molecule has 2 aliphatic rings. The number of nitrogens with zero attached hydrogens (tertiary/aromatic N) is 2. The summed E-state index contributed by atoms with van der Waals surface area (Å²) in [5.41, 5.74) is 0.299. The Morgan fingerprint density at radius 1 is 1.20 bits per heavy atom. The number of halogens is 1. The Balaban J connectivity index is 2.11. The van der Waals surface area contributed by atoms with Crippen molar-refractivity contribution < 1.29 is 4.57 Å². The van der Waals surface area contributed by atoms with Crippen LogP contribution in [-0.2, 0) is 4.57 Å². The van der Waals surface area contributed by atoms with Gasteiger partial charge in [0.05, 0.1) is 0 Å². The molecule has 0 atom stereocenters. The van der Waals surface area contributed by atoms with Crippen molar-refractivity contribution >= 4 is 19.0 Å². The molecule has 0 N–H and O–H groups in total. The van der Waals surface area contributed by atoms with Gasteiger partial charge in [-0.1, -0.05) is 0 Å². The number of alkyl halides is 1. The van der Waals surface area contributed by atoms with Crippen LogP contribution in [0.1, 0.15) is 0 Å². The fraction of sp³-hybridized carbons (Fsp3) is 1.00. The minimum Gasteiger partial charge on any atom is -0.287 e. The second-order valence-corrected chi connectivity index (χ2v) is 6.11. The smallest absolute Gasteiger partial charge is 0.231 e. The van der Waals surface area contributed by atoms with Crippen molar-refractivity contribution in [3.05, 3.63) is 0 Å². The maximum Gasteiger partial charge on any atom is 0.231 e. The quantitative estimate of drug-likeness (QED) is 0.368. The van der Waals surface area contributed by atoms with E-state index in [1.807, 2.05) is 9.34 Å². The highest BCUT2D eigenvalue weighted by Gasteiger charge is 2.46. The lowest BCUT2D eigenvalue weighted by Crippen LogP contribution is -2.04. The largest absolute Gasteiger partial charge is 0.287 e. The Morgan fingerprint density at radius 2 is 1.60 bits per heavy atom. The van der Waals surface area contributed by atoms with Crippen molar-refractivity contribution in [2.24, 2.45) is 0 Å². The standard InChI is InChI=1S/C5H10ClN2OP/c6-5-10(9,7-1-2-7)8-3-4-8/h1-5H2. The molecule has 0 amide bonds. The average Bonchev–Trinajstić information content (AvgIpc) is 2.73. The summed E-state index contributed by atoms with van der Waals surface area (Å²) in [4.78, 5) is 0. The Labute approximate surface area is 65.4 Å². The number of hydrogen-bond acceptors (Lipinski definition) is 1. The van der Waals surface area contributed by atoms with Gasteiger partial charge in [0.2, 0.25) is 7.44 Å². The van der Waals surface area contributed by atoms with Crippen molar-refractivity contribution in [1.29, 1.82) is 0 Å². The van der Waals surface area contributed by atoms with Gasteiger partial charge in [-0.15, -0.1) is 11.6 Å². The number of rotatable bonds is 3. The molecular weight excluding hydrogens is 170 g/mol. The van der Waals surface area contributed by atoms with Crippen LogP contribution in [0.25, 0.3) is 0 Å². The molecule has 10 heavy (non-hydrogen) atoms. The molecule has 0 spiro atoms. The maximum atomic E-state index is 11.8. The lowest BCUT2D eigenvalue weighted by atomic mass is 11.0. The first-order chi connectivity index (χ1) is 4.77. The zero-order chi connectivity index (χ0) is 7.19. The van der Waals surface area contributed by atoms with Gasteiger partial charge in [-0.3, -0.25) is 4.57 Å². The van der Waals surface area contributed by atoms with E-state index >= 15 is 0 Å². The molecule has 2 aliphatic heterocycles. The lowest BCUT2D eigenvalue weighted by molar-refractivity contribution is 0.523. The molecule has 2 fully saturated rings. The zero-order valence-corrected chi connectivity index (χ0v) is 7.31. The molecule has 2 heterocycles. The van der Waals surface area contributed by atoms with Gasteiger partial charge in [0.15, 0.2) is 0 Å². The van der Waals surface area contributed by atoms with Gasteiger partial charge < -0.3 is 0 Å². The molecule has 0 aromatic carbocycles. The van der Waals surface area contributed by atoms with Crippen molar-refractivity contribution in [3.8, 4) is 0 Å². The van der Waals surface area contributed by atoms with Gasteiger partial charge in [0.25, 0.3) is 0 Å². The number of hydrogen-bond donors (Lipinski definition) is 0. The maximum absolute atomic E-state index is 11.8. The Hall–Kier alpha value is 0.440. The normalized spacial score (nSPS) is 26.9. The Kier molecular flexibility index (Phi) is 1.57. The van der Waals surface area contributed by atoms with Crippen molar-refractivity contribution in [2.75, 3.05) is 31.8 Å². The molecule has 0 radical (unpaired) electrons. The second-order valence-electron chi connectivity index (χ2n) is 2.69. The van der Waals surface area contributed by atoms with Crippen LogP contribution in [0.4, 0.5) is 0 Å². The minimum absolute atomic E-state index is 0.299. The van der Waals surface area contributed by atoms with E-state index < -0.39 is 7.44 Å². The van der Waals surface area contributed by atoms with Crippen LogP contribution < -0.4 is 0 Å². The van der Waals surface area contributed by atoms with E-state index in [9.17, 15) is 4.57 Å². The van der Waals surface area contributed by atoms with Crippen molar-refractivity contribution in [3.63, 3.8) is 0 Å².